The second-order valence-corrected chi connectivity index (χ2v) is 14.9. The Morgan fingerprint density at radius 2 is 0.911 bits per heavy atom. The Morgan fingerprint density at radius 1 is 0.304 bits per heavy atom. The van der Waals surface area contributed by atoms with Crippen LogP contribution in [0.4, 0.5) is 17.1 Å². The summed E-state index contributed by atoms with van der Waals surface area (Å²) in [7, 11) is 0. The van der Waals surface area contributed by atoms with Crippen molar-refractivity contribution in [1.29, 1.82) is 0 Å². The molecule has 1 aromatic heterocycles. The van der Waals surface area contributed by atoms with Gasteiger partial charge in [0.05, 0.1) is 11.0 Å². The largest absolute Gasteiger partial charge is 0.310 e. The second-order valence-electron chi connectivity index (χ2n) is 14.9. The predicted molar refractivity (Wildman–Crippen MR) is 238 cm³/mol. The van der Waals surface area contributed by atoms with E-state index in [1.807, 2.05) is 0 Å². The van der Waals surface area contributed by atoms with E-state index in [0.717, 1.165) is 22.7 Å². The Balaban J connectivity index is 1.04. The standard InChI is InChI=1S/C54H34N2/c1-2-13-40(14-3-1)56-52-19-7-6-16-47(52)48-31-28-43(34-53(48)56)55(42-27-30-46-49-17-8-11-37-12-9-18-50(54(37)49)51(46)33-42)41-25-22-35(23-26-41)38-24-29-45-39(32-38)21-20-36-10-4-5-15-44(36)45/h1-34H. The van der Waals surface area contributed by atoms with E-state index in [2.05, 4.69) is 216 Å². The van der Waals surface area contributed by atoms with Crippen LogP contribution in [0.25, 0.3) is 93.2 Å². The molecule has 0 bridgehead atoms. The van der Waals surface area contributed by atoms with E-state index in [0.29, 0.717) is 0 Å². The van der Waals surface area contributed by atoms with Crippen LogP contribution < -0.4 is 4.90 Å². The number of rotatable bonds is 5. The van der Waals surface area contributed by atoms with E-state index >= 15 is 0 Å². The summed E-state index contributed by atoms with van der Waals surface area (Å²) >= 11 is 0. The lowest BCUT2D eigenvalue weighted by atomic mass is 9.97. The van der Waals surface area contributed by atoms with Crippen molar-refractivity contribution < 1.29 is 0 Å². The molecule has 0 fully saturated rings. The van der Waals surface area contributed by atoms with E-state index in [4.69, 9.17) is 0 Å². The fourth-order valence-corrected chi connectivity index (χ4v) is 9.31. The third-order valence-electron chi connectivity index (χ3n) is 11.9. The topological polar surface area (TPSA) is 8.17 Å². The van der Waals surface area contributed by atoms with E-state index in [1.165, 1.54) is 87.5 Å². The van der Waals surface area contributed by atoms with E-state index in [-0.39, 0.29) is 0 Å². The Hall–Kier alpha value is -7.42. The summed E-state index contributed by atoms with van der Waals surface area (Å²) in [6.45, 7) is 0. The summed E-state index contributed by atoms with van der Waals surface area (Å²) < 4.78 is 2.40. The van der Waals surface area contributed by atoms with Crippen molar-refractivity contribution in [3.05, 3.63) is 206 Å². The van der Waals surface area contributed by atoms with Gasteiger partial charge in [0.1, 0.15) is 0 Å². The van der Waals surface area contributed by atoms with Crippen molar-refractivity contribution in [3.8, 4) is 39.1 Å². The van der Waals surface area contributed by atoms with Crippen LogP contribution in [0.5, 0.6) is 0 Å². The van der Waals surface area contributed by atoms with Crippen LogP contribution in [0.2, 0.25) is 0 Å². The predicted octanol–water partition coefficient (Wildman–Crippen LogP) is 15.0. The minimum atomic E-state index is 1.11. The first-order valence-corrected chi connectivity index (χ1v) is 19.3. The molecule has 0 atom stereocenters. The number of fused-ring (bicyclic) bond motifs is 9. The van der Waals surface area contributed by atoms with Crippen molar-refractivity contribution in [1.82, 2.24) is 4.57 Å². The summed E-state index contributed by atoms with van der Waals surface area (Å²) in [6, 6.07) is 75.8. The highest BCUT2D eigenvalue weighted by atomic mass is 15.1. The first kappa shape index (κ1) is 31.0. The molecule has 2 heteroatoms. The Morgan fingerprint density at radius 3 is 1.77 bits per heavy atom. The summed E-state index contributed by atoms with van der Waals surface area (Å²) in [5.74, 6) is 0. The second kappa shape index (κ2) is 12.0. The zero-order chi connectivity index (χ0) is 36.7. The average molecular weight is 711 g/mol. The molecule has 0 spiro atoms. The quantitative estimate of drug-likeness (QED) is 0.161. The van der Waals surface area contributed by atoms with Crippen LogP contribution in [0.3, 0.4) is 0 Å². The summed E-state index contributed by atoms with van der Waals surface area (Å²) in [5.41, 5.74) is 14.5. The molecule has 1 aliphatic carbocycles. The molecular formula is C54H34N2. The highest BCUT2D eigenvalue weighted by Crippen LogP contribution is 2.50. The molecule has 10 aromatic carbocycles. The Bertz CT molecular complexity index is 3350. The van der Waals surface area contributed by atoms with Gasteiger partial charge in [-0.25, -0.2) is 0 Å². The lowest BCUT2D eigenvalue weighted by Gasteiger charge is -2.27. The molecule has 1 aliphatic rings. The number of hydrogen-bond donors (Lipinski definition) is 0. The Labute approximate surface area is 324 Å². The number of nitrogens with zero attached hydrogens (tertiary/aromatic N) is 2. The van der Waals surface area contributed by atoms with E-state index < -0.39 is 0 Å². The molecule has 0 saturated heterocycles. The fraction of sp³-hybridized carbons (Fsp3) is 0. The Kier molecular flexibility index (Phi) is 6.66. The molecule has 0 saturated carbocycles. The minimum Gasteiger partial charge on any atom is -0.310 e. The van der Waals surface area contributed by atoms with Gasteiger partial charge in [-0.05, 0) is 126 Å². The van der Waals surface area contributed by atoms with Gasteiger partial charge in [0.2, 0.25) is 0 Å². The van der Waals surface area contributed by atoms with Crippen LogP contribution in [0, 0.1) is 0 Å². The van der Waals surface area contributed by atoms with E-state index in [1.54, 1.807) is 0 Å². The van der Waals surface area contributed by atoms with Crippen molar-refractivity contribution >= 4 is 71.2 Å². The third kappa shape index (κ3) is 4.63. The molecule has 56 heavy (non-hydrogen) atoms. The zero-order valence-electron chi connectivity index (χ0n) is 30.5. The van der Waals surface area contributed by atoms with Crippen LogP contribution in [-0.4, -0.2) is 4.57 Å². The molecular weight excluding hydrogens is 677 g/mol. The SMILES string of the molecule is c1ccc(-n2c3ccccc3c3ccc(N(c4ccc(-c5ccc6c(ccc7ccccc76)c5)cc4)c4ccc5c(c4)-c4cccc6cccc-5c46)cc32)cc1. The van der Waals surface area contributed by atoms with Gasteiger partial charge in [0.15, 0.2) is 0 Å². The van der Waals surface area contributed by atoms with Crippen LogP contribution in [0.1, 0.15) is 0 Å². The number of para-hydroxylation sites is 2. The first-order valence-electron chi connectivity index (χ1n) is 19.3. The van der Waals surface area contributed by atoms with Gasteiger partial charge in [0, 0.05) is 33.5 Å². The molecule has 1 heterocycles. The molecule has 260 valence electrons. The zero-order valence-corrected chi connectivity index (χ0v) is 30.5. The molecule has 11 aromatic rings. The number of aromatic nitrogens is 1. The number of anilines is 3. The van der Waals surface area contributed by atoms with Crippen molar-refractivity contribution in [2.75, 3.05) is 4.90 Å². The van der Waals surface area contributed by atoms with Crippen LogP contribution >= 0.6 is 0 Å². The van der Waals surface area contributed by atoms with E-state index in [9.17, 15) is 0 Å². The lowest BCUT2D eigenvalue weighted by Crippen LogP contribution is -2.10. The third-order valence-corrected chi connectivity index (χ3v) is 11.9. The van der Waals surface area contributed by atoms with Crippen molar-refractivity contribution in [2.24, 2.45) is 0 Å². The van der Waals surface area contributed by atoms with Crippen molar-refractivity contribution in [3.63, 3.8) is 0 Å². The molecule has 0 radical (unpaired) electrons. The van der Waals surface area contributed by atoms with Gasteiger partial charge in [-0.2, -0.15) is 0 Å². The molecule has 0 unspecified atom stereocenters. The normalized spacial score (nSPS) is 11.9. The molecule has 0 amide bonds. The van der Waals surface area contributed by atoms with Gasteiger partial charge in [-0.15, -0.1) is 0 Å². The van der Waals surface area contributed by atoms with Gasteiger partial charge >= 0.3 is 0 Å². The van der Waals surface area contributed by atoms with Gasteiger partial charge in [-0.3, -0.25) is 0 Å². The maximum absolute atomic E-state index is 2.42. The van der Waals surface area contributed by atoms with Crippen LogP contribution in [0.15, 0.2) is 206 Å². The molecule has 0 aliphatic heterocycles. The molecule has 0 N–H and O–H groups in total. The highest BCUT2D eigenvalue weighted by molar-refractivity contribution is 6.16. The smallest absolute Gasteiger partial charge is 0.0561 e. The fourth-order valence-electron chi connectivity index (χ4n) is 9.31. The van der Waals surface area contributed by atoms with Crippen LogP contribution in [-0.2, 0) is 0 Å². The summed E-state index contributed by atoms with van der Waals surface area (Å²) in [4.78, 5) is 2.42. The molecule has 12 rings (SSSR count). The molecule has 2 nitrogen and oxygen atoms in total. The number of hydrogen-bond acceptors (Lipinski definition) is 1. The van der Waals surface area contributed by atoms with Gasteiger partial charge < -0.3 is 9.47 Å². The van der Waals surface area contributed by atoms with Gasteiger partial charge in [-0.1, -0.05) is 146 Å². The first-order chi connectivity index (χ1) is 27.8. The minimum absolute atomic E-state index is 1.11. The summed E-state index contributed by atoms with van der Waals surface area (Å²) in [6.07, 6.45) is 0. The lowest BCUT2D eigenvalue weighted by molar-refractivity contribution is 1.18. The van der Waals surface area contributed by atoms with Gasteiger partial charge in [0.25, 0.3) is 0 Å². The van der Waals surface area contributed by atoms with Crippen molar-refractivity contribution in [2.45, 2.75) is 0 Å². The monoisotopic (exact) mass is 710 g/mol. The highest BCUT2D eigenvalue weighted by Gasteiger charge is 2.24. The number of benzene rings is 10. The average Bonchev–Trinajstić information content (AvgIpc) is 3.77. The maximum atomic E-state index is 2.42. The summed E-state index contributed by atoms with van der Waals surface area (Å²) in [5, 5.41) is 10.2. The maximum Gasteiger partial charge on any atom is 0.0561 e.